The lowest BCUT2D eigenvalue weighted by molar-refractivity contribution is 0.0764. The fraction of sp³-hybridized carbons (Fsp3) is 0.296. The highest BCUT2D eigenvalue weighted by molar-refractivity contribution is 6.31. The van der Waals surface area contributed by atoms with Crippen LogP contribution in [0.5, 0.6) is 5.75 Å². The van der Waals surface area contributed by atoms with E-state index in [0.717, 1.165) is 10.8 Å². The molecule has 3 heterocycles. The molecule has 0 unspecified atom stereocenters. The predicted molar refractivity (Wildman–Crippen MR) is 146 cm³/mol. The Labute approximate surface area is 233 Å². The van der Waals surface area contributed by atoms with Crippen LogP contribution in [0.4, 0.5) is 8.78 Å². The van der Waals surface area contributed by atoms with Crippen LogP contribution < -0.4 is 15.9 Å². The molecule has 0 saturated carbocycles. The summed E-state index contributed by atoms with van der Waals surface area (Å²) in [6.45, 7) is 7.26. The summed E-state index contributed by atoms with van der Waals surface area (Å²) in [5.41, 5.74) is -2.08. The van der Waals surface area contributed by atoms with Crippen molar-refractivity contribution in [3.63, 3.8) is 0 Å². The van der Waals surface area contributed by atoms with Crippen molar-refractivity contribution in [2.75, 3.05) is 0 Å². The van der Waals surface area contributed by atoms with Crippen LogP contribution in [-0.4, -0.2) is 41.3 Å². The van der Waals surface area contributed by atoms with Crippen LogP contribution in [0.15, 0.2) is 63.3 Å². The Kier molecular flexibility index (Phi) is 9.51. The van der Waals surface area contributed by atoms with Crippen molar-refractivity contribution in [3.05, 3.63) is 103 Å². The fourth-order valence-corrected chi connectivity index (χ4v) is 3.48. The van der Waals surface area contributed by atoms with Gasteiger partial charge in [0.05, 0.1) is 23.5 Å². The Balaban J connectivity index is 2.03. The Morgan fingerprint density at radius 2 is 1.95 bits per heavy atom. The summed E-state index contributed by atoms with van der Waals surface area (Å²) in [7, 11) is 0. The summed E-state index contributed by atoms with van der Waals surface area (Å²) < 4.78 is 34.7. The van der Waals surface area contributed by atoms with E-state index in [2.05, 4.69) is 15.0 Å². The molecule has 0 aromatic carbocycles. The number of allylic oxidation sites excluding steroid dienone is 1. The average molecular weight is 576 g/mol. The van der Waals surface area contributed by atoms with Gasteiger partial charge in [-0.15, -0.1) is 0 Å². The normalized spacial score (nSPS) is 13.7. The minimum atomic E-state index is -1.49. The monoisotopic (exact) mass is 575 g/mol. The predicted octanol–water partition coefficient (Wildman–Crippen LogP) is 3.55. The van der Waals surface area contributed by atoms with Gasteiger partial charge < -0.3 is 14.9 Å². The summed E-state index contributed by atoms with van der Waals surface area (Å²) in [6.07, 6.45) is 6.52. The topological polar surface area (TPSA) is 132 Å². The summed E-state index contributed by atoms with van der Waals surface area (Å²) in [5.74, 6) is -1.77. The number of rotatable bonds is 8. The Bertz CT molecular complexity index is 1620. The van der Waals surface area contributed by atoms with Crippen molar-refractivity contribution < 1.29 is 23.7 Å². The number of aliphatic imine (C=N–C) groups is 1. The van der Waals surface area contributed by atoms with Crippen LogP contribution in [0, 0.1) is 18.6 Å². The summed E-state index contributed by atoms with van der Waals surface area (Å²) >= 11 is 6.24. The quantitative estimate of drug-likeness (QED) is 0.310. The molecule has 0 fully saturated rings. The third kappa shape index (κ3) is 7.14. The Morgan fingerprint density at radius 3 is 2.58 bits per heavy atom. The van der Waals surface area contributed by atoms with Crippen molar-refractivity contribution in [3.8, 4) is 5.75 Å². The lowest BCUT2D eigenvalue weighted by atomic mass is 10.0. The van der Waals surface area contributed by atoms with Gasteiger partial charge >= 0.3 is 0 Å². The van der Waals surface area contributed by atoms with E-state index in [1.165, 1.54) is 55.5 Å². The number of ether oxygens (including phenoxy) is 1. The van der Waals surface area contributed by atoms with Gasteiger partial charge in [0.15, 0.2) is 5.82 Å². The molecule has 3 aromatic rings. The molecule has 0 saturated heterocycles. The molecular formula is C27H28ClF2N5O5. The lowest BCUT2D eigenvalue weighted by Crippen LogP contribution is -2.35. The van der Waals surface area contributed by atoms with Crippen LogP contribution in [0.25, 0.3) is 6.20 Å². The van der Waals surface area contributed by atoms with Gasteiger partial charge in [-0.1, -0.05) is 11.6 Å². The van der Waals surface area contributed by atoms with Crippen LogP contribution in [0.1, 0.15) is 44.6 Å². The number of aromatic nitrogens is 4. The summed E-state index contributed by atoms with van der Waals surface area (Å²) in [4.78, 5) is 38.1. The Hall–Kier alpha value is -4.00. The molecule has 0 spiro atoms. The zero-order chi connectivity index (χ0) is 29.8. The number of nitrogens with zero attached hydrogens (tertiary/aromatic N) is 5. The second-order valence-electron chi connectivity index (χ2n) is 9.40. The molecule has 10 nitrogen and oxygen atoms in total. The van der Waals surface area contributed by atoms with E-state index in [4.69, 9.17) is 16.3 Å². The molecule has 0 radical (unpaired) electrons. The zero-order valence-electron chi connectivity index (χ0n) is 22.4. The first kappa shape index (κ1) is 30.5. The highest BCUT2D eigenvalue weighted by atomic mass is 35.5. The number of pyridine rings is 2. The minimum Gasteiger partial charge on any atom is -0.485 e. The van der Waals surface area contributed by atoms with Gasteiger partial charge in [-0.3, -0.25) is 23.7 Å². The number of hydrogen-bond acceptors (Lipinski definition) is 8. The van der Waals surface area contributed by atoms with E-state index in [1.807, 2.05) is 0 Å². The largest absolute Gasteiger partial charge is 0.485 e. The third-order valence-corrected chi connectivity index (χ3v) is 6.11. The van der Waals surface area contributed by atoms with E-state index in [-0.39, 0.29) is 27.9 Å². The second-order valence-corrected chi connectivity index (χ2v) is 9.78. The van der Waals surface area contributed by atoms with E-state index < -0.39 is 41.1 Å². The number of halogens is 3. The number of aliphatic hydroxyl groups is 2. The first-order valence-electron chi connectivity index (χ1n) is 12.0. The maximum atomic E-state index is 13.9. The molecule has 212 valence electrons. The molecule has 0 amide bonds. The van der Waals surface area contributed by atoms with Crippen molar-refractivity contribution in [2.24, 2.45) is 4.99 Å². The van der Waals surface area contributed by atoms with Gasteiger partial charge in [0.1, 0.15) is 41.1 Å². The van der Waals surface area contributed by atoms with Gasteiger partial charge in [0.25, 0.3) is 11.1 Å². The molecule has 1 atom stereocenters. The number of hydrogen-bond donors (Lipinski definition) is 2. The molecule has 3 rings (SSSR count). The van der Waals surface area contributed by atoms with Gasteiger partial charge in [-0.05, 0) is 46.3 Å². The molecule has 3 aromatic heterocycles. The molecule has 2 N–H and O–H groups in total. The van der Waals surface area contributed by atoms with Crippen molar-refractivity contribution in [1.82, 2.24) is 19.1 Å². The molecule has 0 aliphatic carbocycles. The van der Waals surface area contributed by atoms with Crippen LogP contribution in [0.2, 0.25) is 5.02 Å². The first-order valence-corrected chi connectivity index (χ1v) is 12.3. The van der Waals surface area contributed by atoms with E-state index >= 15 is 0 Å². The zero-order valence-corrected chi connectivity index (χ0v) is 23.1. The first-order chi connectivity index (χ1) is 18.7. The van der Waals surface area contributed by atoms with E-state index in [9.17, 15) is 28.6 Å². The molecule has 0 bridgehead atoms. The van der Waals surface area contributed by atoms with Gasteiger partial charge in [-0.2, -0.15) is 0 Å². The SMILES string of the molecule is C/C(=C/N=C(/C=C/n1c(C)cc(OCc2ncc(F)cc2F)c(Cl)c1=O)n1cncc(C(C)(C)O)c1=O)[C@H](C)O. The van der Waals surface area contributed by atoms with E-state index in [1.54, 1.807) is 20.8 Å². The summed E-state index contributed by atoms with van der Waals surface area (Å²) in [6, 6.07) is 2.10. The lowest BCUT2D eigenvalue weighted by Gasteiger charge is -2.17. The van der Waals surface area contributed by atoms with Gasteiger partial charge in [0, 0.05) is 36.4 Å². The van der Waals surface area contributed by atoms with E-state index in [0.29, 0.717) is 17.3 Å². The number of aliphatic hydroxyl groups excluding tert-OH is 1. The molecule has 0 aliphatic rings. The molecule has 13 heteroatoms. The maximum Gasteiger partial charge on any atom is 0.277 e. The minimum absolute atomic E-state index is 0.0114. The molecule has 0 aliphatic heterocycles. The standard InChI is InChI=1S/C27H28ClF2N5O5/c1-15(17(3)36)10-33-23(35-14-31-12-19(25(35)37)27(4,5)39)6-7-34-16(2)8-22(24(28)26(34)38)40-13-21-20(30)9-18(29)11-32-21/h6-12,14,17,36,39H,13H2,1-5H3/b7-6+,15-10-,33-23-/t17-/m0/s1. The Morgan fingerprint density at radius 1 is 1.25 bits per heavy atom. The van der Waals surface area contributed by atoms with Crippen molar-refractivity contribution in [1.29, 1.82) is 0 Å². The smallest absolute Gasteiger partial charge is 0.277 e. The van der Waals surface area contributed by atoms with Gasteiger partial charge in [0.2, 0.25) is 0 Å². The van der Waals surface area contributed by atoms with Crippen molar-refractivity contribution >= 4 is 23.6 Å². The fourth-order valence-electron chi connectivity index (χ4n) is 3.28. The third-order valence-electron chi connectivity index (χ3n) is 5.76. The second kappa shape index (κ2) is 12.5. The maximum absolute atomic E-state index is 13.9. The highest BCUT2D eigenvalue weighted by Gasteiger charge is 2.22. The molecular weight excluding hydrogens is 548 g/mol. The number of aryl methyl sites for hydroxylation is 1. The van der Waals surface area contributed by atoms with Crippen LogP contribution in [0.3, 0.4) is 0 Å². The van der Waals surface area contributed by atoms with Gasteiger partial charge in [-0.25, -0.2) is 18.8 Å². The van der Waals surface area contributed by atoms with Crippen LogP contribution >= 0.6 is 11.6 Å². The van der Waals surface area contributed by atoms with Crippen LogP contribution in [-0.2, 0) is 12.2 Å². The van der Waals surface area contributed by atoms with Crippen molar-refractivity contribution in [2.45, 2.75) is 52.9 Å². The molecule has 40 heavy (non-hydrogen) atoms. The average Bonchev–Trinajstić information content (AvgIpc) is 2.87. The summed E-state index contributed by atoms with van der Waals surface area (Å²) in [5, 5.41) is 19.9. The highest BCUT2D eigenvalue weighted by Crippen LogP contribution is 2.23.